The third-order valence-corrected chi connectivity index (χ3v) is 4.14. The zero-order chi connectivity index (χ0) is 15.2. The lowest BCUT2D eigenvalue weighted by Gasteiger charge is -2.25. The van der Waals surface area contributed by atoms with Gasteiger partial charge in [-0.2, -0.15) is 10.2 Å². The van der Waals surface area contributed by atoms with Crippen molar-refractivity contribution in [3.63, 3.8) is 0 Å². The number of aromatic nitrogens is 4. The molecule has 7 heteroatoms. The molecule has 2 aromatic rings. The van der Waals surface area contributed by atoms with Gasteiger partial charge in [0.15, 0.2) is 0 Å². The third-order valence-electron chi connectivity index (χ3n) is 4.14. The minimum atomic E-state index is 0.858. The number of likely N-dealkylation sites (N-methyl/N-ethyl adjacent to an activating group) is 1. The highest BCUT2D eigenvalue weighted by molar-refractivity contribution is 4.79. The van der Waals surface area contributed by atoms with Gasteiger partial charge in [0.1, 0.15) is 0 Å². The molecule has 0 unspecified atom stereocenters. The Morgan fingerprint density at radius 1 is 0.727 bits per heavy atom. The summed E-state index contributed by atoms with van der Waals surface area (Å²) in [7, 11) is 2.20. The fraction of sp³-hybridized carbons (Fsp3) is 0.600. The van der Waals surface area contributed by atoms with E-state index >= 15 is 0 Å². The van der Waals surface area contributed by atoms with Crippen molar-refractivity contribution in [1.29, 1.82) is 0 Å². The predicted molar refractivity (Wildman–Crippen MR) is 85.1 cm³/mol. The highest BCUT2D eigenvalue weighted by Gasteiger charge is 2.15. The van der Waals surface area contributed by atoms with Crippen molar-refractivity contribution in [2.45, 2.75) is 13.3 Å². The maximum Gasteiger partial charge on any atom is 0.0929 e. The molecule has 22 heavy (non-hydrogen) atoms. The van der Waals surface area contributed by atoms with Gasteiger partial charge in [-0.25, -0.2) is 0 Å². The number of hydrogen-bond donors (Lipinski definition) is 0. The molecule has 0 aromatic carbocycles. The highest BCUT2D eigenvalue weighted by Crippen LogP contribution is 2.02. The van der Waals surface area contributed by atoms with E-state index in [9.17, 15) is 0 Å². The normalized spacial score (nSPS) is 19.7. The monoisotopic (exact) mass is 303 g/mol. The number of rotatable bonds is 4. The van der Waals surface area contributed by atoms with Crippen LogP contribution in [0.3, 0.4) is 0 Å². The Balaban J connectivity index is 1.60. The van der Waals surface area contributed by atoms with Crippen LogP contribution in [0.4, 0.5) is 0 Å². The fourth-order valence-corrected chi connectivity index (χ4v) is 2.70. The van der Waals surface area contributed by atoms with Gasteiger partial charge in [0.2, 0.25) is 0 Å². The Bertz CT molecular complexity index is 474. The molecule has 120 valence electrons. The van der Waals surface area contributed by atoms with Crippen molar-refractivity contribution in [3.05, 3.63) is 36.9 Å². The highest BCUT2D eigenvalue weighted by atomic mass is 15.4. The van der Waals surface area contributed by atoms with Crippen LogP contribution in [0.2, 0.25) is 0 Å². The molecular formula is C15H25N7. The standard InChI is InChI=1S/C15H25N7/c1-18-8-10-19(14-21-6-2-4-16-21)12-13-20(11-9-18)15-22-7-3-5-17-22/h2-7H,8-15H2,1H3. The minimum absolute atomic E-state index is 0.858. The van der Waals surface area contributed by atoms with Gasteiger partial charge in [-0.05, 0) is 19.2 Å². The van der Waals surface area contributed by atoms with E-state index < -0.39 is 0 Å². The van der Waals surface area contributed by atoms with Crippen LogP contribution in [0.15, 0.2) is 36.9 Å². The van der Waals surface area contributed by atoms with Crippen molar-refractivity contribution in [1.82, 2.24) is 34.3 Å². The molecule has 3 rings (SSSR count). The fourth-order valence-electron chi connectivity index (χ4n) is 2.70. The first-order chi connectivity index (χ1) is 10.8. The average molecular weight is 303 g/mol. The molecule has 0 bridgehead atoms. The number of nitrogens with zero attached hydrogens (tertiary/aromatic N) is 7. The molecule has 0 atom stereocenters. The Morgan fingerprint density at radius 3 is 1.59 bits per heavy atom. The van der Waals surface area contributed by atoms with E-state index in [0.717, 1.165) is 52.6 Å². The summed E-state index contributed by atoms with van der Waals surface area (Å²) in [5, 5.41) is 8.64. The summed E-state index contributed by atoms with van der Waals surface area (Å²) in [6, 6.07) is 3.96. The number of hydrogen-bond acceptors (Lipinski definition) is 5. The maximum atomic E-state index is 4.32. The van der Waals surface area contributed by atoms with Gasteiger partial charge in [-0.15, -0.1) is 0 Å². The molecule has 2 aromatic heterocycles. The van der Waals surface area contributed by atoms with Crippen LogP contribution in [0.1, 0.15) is 0 Å². The van der Waals surface area contributed by atoms with Crippen molar-refractivity contribution in [2.75, 3.05) is 46.3 Å². The van der Waals surface area contributed by atoms with Crippen LogP contribution in [0, 0.1) is 0 Å². The maximum absolute atomic E-state index is 4.32. The van der Waals surface area contributed by atoms with Crippen LogP contribution >= 0.6 is 0 Å². The molecule has 0 amide bonds. The third kappa shape index (κ3) is 4.40. The lowest BCUT2D eigenvalue weighted by atomic mass is 10.4. The first-order valence-corrected chi connectivity index (χ1v) is 7.88. The van der Waals surface area contributed by atoms with Crippen molar-refractivity contribution < 1.29 is 0 Å². The van der Waals surface area contributed by atoms with Crippen molar-refractivity contribution >= 4 is 0 Å². The van der Waals surface area contributed by atoms with Gasteiger partial charge in [0.25, 0.3) is 0 Å². The van der Waals surface area contributed by atoms with Crippen LogP contribution in [-0.2, 0) is 13.3 Å². The zero-order valence-electron chi connectivity index (χ0n) is 13.3. The lowest BCUT2D eigenvalue weighted by Crippen LogP contribution is -2.37. The van der Waals surface area contributed by atoms with Gasteiger partial charge in [0.05, 0.1) is 13.3 Å². The van der Waals surface area contributed by atoms with E-state index in [1.54, 1.807) is 0 Å². The Hall–Kier alpha value is -1.70. The second-order valence-corrected chi connectivity index (χ2v) is 5.91. The summed E-state index contributed by atoms with van der Waals surface area (Å²) in [4.78, 5) is 7.33. The summed E-state index contributed by atoms with van der Waals surface area (Å²) >= 11 is 0. The van der Waals surface area contributed by atoms with Gasteiger partial charge in [-0.1, -0.05) is 0 Å². The molecule has 1 aliphatic heterocycles. The first kappa shape index (κ1) is 15.2. The second-order valence-electron chi connectivity index (χ2n) is 5.91. The Morgan fingerprint density at radius 2 is 1.18 bits per heavy atom. The van der Waals surface area contributed by atoms with E-state index in [2.05, 4.69) is 31.9 Å². The van der Waals surface area contributed by atoms with Gasteiger partial charge in [-0.3, -0.25) is 19.2 Å². The SMILES string of the molecule is CN1CCN(Cn2cccn2)CCN(Cn2cccn2)CC1. The topological polar surface area (TPSA) is 45.4 Å². The van der Waals surface area contributed by atoms with E-state index in [1.165, 1.54) is 0 Å². The molecular weight excluding hydrogens is 278 g/mol. The first-order valence-electron chi connectivity index (χ1n) is 7.88. The zero-order valence-corrected chi connectivity index (χ0v) is 13.3. The summed E-state index contributed by atoms with van der Waals surface area (Å²) < 4.78 is 3.99. The van der Waals surface area contributed by atoms with E-state index in [4.69, 9.17) is 0 Å². The molecule has 1 saturated heterocycles. The average Bonchev–Trinajstić information content (AvgIpc) is 3.20. The molecule has 1 aliphatic rings. The largest absolute Gasteiger partial charge is 0.304 e. The molecule has 0 aliphatic carbocycles. The quantitative estimate of drug-likeness (QED) is 0.810. The molecule has 0 spiro atoms. The van der Waals surface area contributed by atoms with Crippen molar-refractivity contribution in [3.8, 4) is 0 Å². The minimum Gasteiger partial charge on any atom is -0.304 e. The smallest absolute Gasteiger partial charge is 0.0929 e. The van der Waals surface area contributed by atoms with E-state index in [1.807, 2.05) is 46.3 Å². The predicted octanol–water partition coefficient (Wildman–Crippen LogP) is 0.244. The molecule has 0 radical (unpaired) electrons. The van der Waals surface area contributed by atoms with Gasteiger partial charge >= 0.3 is 0 Å². The van der Waals surface area contributed by atoms with E-state index in [-0.39, 0.29) is 0 Å². The Labute approximate surface area is 131 Å². The van der Waals surface area contributed by atoms with Crippen LogP contribution in [0.5, 0.6) is 0 Å². The second kappa shape index (κ2) is 7.53. The van der Waals surface area contributed by atoms with Crippen LogP contribution in [0.25, 0.3) is 0 Å². The summed E-state index contributed by atoms with van der Waals surface area (Å²) in [5.41, 5.74) is 0. The molecule has 7 nitrogen and oxygen atoms in total. The molecule has 1 fully saturated rings. The van der Waals surface area contributed by atoms with Gasteiger partial charge < -0.3 is 4.90 Å². The van der Waals surface area contributed by atoms with Gasteiger partial charge in [0, 0.05) is 64.1 Å². The summed E-state index contributed by atoms with van der Waals surface area (Å²) in [6.45, 7) is 8.16. The van der Waals surface area contributed by atoms with Crippen LogP contribution < -0.4 is 0 Å². The van der Waals surface area contributed by atoms with E-state index in [0.29, 0.717) is 0 Å². The summed E-state index contributed by atoms with van der Waals surface area (Å²) in [6.07, 6.45) is 7.73. The summed E-state index contributed by atoms with van der Waals surface area (Å²) in [5.74, 6) is 0. The molecule has 0 N–H and O–H groups in total. The van der Waals surface area contributed by atoms with Crippen LogP contribution in [-0.4, -0.2) is 80.6 Å². The molecule has 0 saturated carbocycles. The Kier molecular flexibility index (Phi) is 5.20. The van der Waals surface area contributed by atoms with Crippen molar-refractivity contribution in [2.24, 2.45) is 0 Å². The molecule has 3 heterocycles. The lowest BCUT2D eigenvalue weighted by molar-refractivity contribution is 0.157.